The highest BCUT2D eigenvalue weighted by molar-refractivity contribution is 7.14. The number of Topliss-reactive ketones (excluding diaryl/α,β-unsaturated/α-hetero) is 1. The van der Waals surface area contributed by atoms with Gasteiger partial charge in [-0.25, -0.2) is 4.98 Å². The molecule has 176 valence electrons. The first-order chi connectivity index (χ1) is 16.4. The van der Waals surface area contributed by atoms with Gasteiger partial charge in [-0.15, -0.1) is 11.3 Å². The van der Waals surface area contributed by atoms with E-state index in [1.165, 1.54) is 16.2 Å². The van der Waals surface area contributed by atoms with Crippen molar-refractivity contribution in [1.82, 2.24) is 4.98 Å². The maximum atomic E-state index is 13.2. The van der Waals surface area contributed by atoms with Crippen LogP contribution in [0.25, 0.3) is 5.76 Å². The maximum absolute atomic E-state index is 13.2. The fraction of sp³-hybridized carbons (Fsp3) is 0.269. The van der Waals surface area contributed by atoms with Gasteiger partial charge in [0.05, 0.1) is 25.3 Å². The van der Waals surface area contributed by atoms with E-state index in [2.05, 4.69) is 18.8 Å². The van der Waals surface area contributed by atoms with Crippen molar-refractivity contribution in [1.29, 1.82) is 0 Å². The van der Waals surface area contributed by atoms with Gasteiger partial charge in [0.15, 0.2) is 5.13 Å². The van der Waals surface area contributed by atoms with E-state index in [0.717, 1.165) is 6.42 Å². The van der Waals surface area contributed by atoms with Crippen LogP contribution in [-0.2, 0) is 9.59 Å². The zero-order valence-electron chi connectivity index (χ0n) is 19.2. The summed E-state index contributed by atoms with van der Waals surface area (Å²) >= 11 is 1.25. The minimum absolute atomic E-state index is 0.00435. The third kappa shape index (κ3) is 4.68. The Morgan fingerprint density at radius 3 is 2.56 bits per heavy atom. The first-order valence-corrected chi connectivity index (χ1v) is 11.9. The van der Waals surface area contributed by atoms with Gasteiger partial charge in [-0.2, -0.15) is 0 Å². The molecule has 1 saturated heterocycles. The molecule has 1 aliphatic rings. The number of aromatic nitrogens is 1. The summed E-state index contributed by atoms with van der Waals surface area (Å²) in [6, 6.07) is 13.1. The first-order valence-electron chi connectivity index (χ1n) is 11.0. The summed E-state index contributed by atoms with van der Waals surface area (Å²) in [7, 11) is 1.55. The van der Waals surface area contributed by atoms with E-state index < -0.39 is 17.7 Å². The lowest BCUT2D eigenvalue weighted by Crippen LogP contribution is -2.29. The number of aliphatic hydroxyl groups excluding tert-OH is 1. The molecule has 1 fully saturated rings. The Morgan fingerprint density at radius 2 is 1.91 bits per heavy atom. The summed E-state index contributed by atoms with van der Waals surface area (Å²) in [5, 5.41) is 13.3. The number of carbonyl (C=O) groups excluding carboxylic acids is 2. The Bertz CT molecular complexity index is 1200. The van der Waals surface area contributed by atoms with Crippen molar-refractivity contribution in [2.24, 2.45) is 5.92 Å². The van der Waals surface area contributed by atoms with Crippen LogP contribution < -0.4 is 14.4 Å². The Kier molecular flexibility index (Phi) is 6.98. The van der Waals surface area contributed by atoms with Crippen LogP contribution in [0.15, 0.2) is 65.7 Å². The van der Waals surface area contributed by atoms with Crippen LogP contribution in [0.5, 0.6) is 11.5 Å². The second kappa shape index (κ2) is 10.1. The standard InChI is InChI=1S/C26H26N2O5S/c1-16(2)11-13-33-20-6-4-5-18(15-20)22-21(23(29)17-7-9-19(32-3)10-8-17)24(30)25(31)28(22)26-27-12-14-34-26/h4-10,12,14-16,22,29H,11,13H2,1-3H3/b23-21+. The van der Waals surface area contributed by atoms with Crippen molar-refractivity contribution < 1.29 is 24.2 Å². The first kappa shape index (κ1) is 23.5. The zero-order chi connectivity index (χ0) is 24.2. The molecule has 1 amide bonds. The molecular weight excluding hydrogens is 452 g/mol. The third-order valence-electron chi connectivity index (χ3n) is 5.57. The summed E-state index contributed by atoms with van der Waals surface area (Å²) in [5.41, 5.74) is 1.06. The quantitative estimate of drug-likeness (QED) is 0.272. The number of hydrogen-bond acceptors (Lipinski definition) is 7. The van der Waals surface area contributed by atoms with Crippen LogP contribution in [-0.4, -0.2) is 35.5 Å². The molecule has 0 saturated carbocycles. The molecule has 34 heavy (non-hydrogen) atoms. The zero-order valence-corrected chi connectivity index (χ0v) is 20.0. The fourth-order valence-electron chi connectivity index (χ4n) is 3.77. The van der Waals surface area contributed by atoms with E-state index in [1.54, 1.807) is 49.0 Å². The lowest BCUT2D eigenvalue weighted by molar-refractivity contribution is -0.132. The van der Waals surface area contributed by atoms with Crippen LogP contribution in [0, 0.1) is 5.92 Å². The Labute approximate surface area is 202 Å². The second-order valence-corrected chi connectivity index (χ2v) is 9.19. The number of ketones is 1. The van der Waals surface area contributed by atoms with Crippen LogP contribution >= 0.6 is 11.3 Å². The lowest BCUT2D eigenvalue weighted by atomic mass is 9.95. The molecule has 1 aromatic heterocycles. The number of aliphatic hydroxyl groups is 1. The molecule has 0 bridgehead atoms. The molecule has 8 heteroatoms. The van der Waals surface area contributed by atoms with Crippen molar-refractivity contribution in [2.45, 2.75) is 26.3 Å². The summed E-state index contributed by atoms with van der Waals surface area (Å²) in [4.78, 5) is 31.9. The van der Waals surface area contributed by atoms with Crippen molar-refractivity contribution in [3.8, 4) is 11.5 Å². The topological polar surface area (TPSA) is 89.0 Å². The highest BCUT2D eigenvalue weighted by Gasteiger charge is 2.48. The van der Waals surface area contributed by atoms with Crippen LogP contribution in [0.3, 0.4) is 0 Å². The number of rotatable bonds is 8. The predicted molar refractivity (Wildman–Crippen MR) is 131 cm³/mol. The average molecular weight is 479 g/mol. The Hall–Kier alpha value is -3.65. The SMILES string of the molecule is COc1ccc(/C(O)=C2\C(=O)C(=O)N(c3nccs3)C2c2cccc(OCCC(C)C)c2)cc1. The number of nitrogens with zero attached hydrogens (tertiary/aromatic N) is 2. The molecule has 1 aliphatic heterocycles. The van der Waals surface area contributed by atoms with Gasteiger partial charge in [0.2, 0.25) is 0 Å². The molecule has 2 aromatic carbocycles. The van der Waals surface area contributed by atoms with Gasteiger partial charge >= 0.3 is 5.91 Å². The molecular formula is C26H26N2O5S. The number of methoxy groups -OCH3 is 1. The molecule has 2 heterocycles. The van der Waals surface area contributed by atoms with Crippen LogP contribution in [0.1, 0.15) is 37.4 Å². The van der Waals surface area contributed by atoms with Gasteiger partial charge in [0, 0.05) is 17.1 Å². The van der Waals surface area contributed by atoms with Crippen LogP contribution in [0.4, 0.5) is 5.13 Å². The largest absolute Gasteiger partial charge is 0.507 e. The second-order valence-electron chi connectivity index (χ2n) is 8.32. The molecule has 7 nitrogen and oxygen atoms in total. The number of anilines is 1. The lowest BCUT2D eigenvalue weighted by Gasteiger charge is -2.23. The predicted octanol–water partition coefficient (Wildman–Crippen LogP) is 5.20. The normalized spacial score (nSPS) is 17.4. The molecule has 0 aliphatic carbocycles. The van der Waals surface area contributed by atoms with Crippen molar-refractivity contribution in [3.63, 3.8) is 0 Å². The summed E-state index contributed by atoms with van der Waals surface area (Å²) in [6.07, 6.45) is 2.48. The van der Waals surface area contributed by atoms with E-state index in [1.807, 2.05) is 18.2 Å². The van der Waals surface area contributed by atoms with Gasteiger partial charge in [-0.3, -0.25) is 14.5 Å². The molecule has 0 spiro atoms. The van der Waals surface area contributed by atoms with E-state index in [9.17, 15) is 14.7 Å². The Morgan fingerprint density at radius 1 is 1.15 bits per heavy atom. The number of benzene rings is 2. The number of hydrogen-bond donors (Lipinski definition) is 1. The monoisotopic (exact) mass is 478 g/mol. The number of carbonyl (C=O) groups is 2. The number of ether oxygens (including phenoxy) is 2. The number of amides is 1. The molecule has 0 radical (unpaired) electrons. The molecule has 1 atom stereocenters. The fourth-order valence-corrected chi connectivity index (χ4v) is 4.44. The maximum Gasteiger partial charge on any atom is 0.301 e. The van der Waals surface area contributed by atoms with Crippen molar-refractivity contribution >= 4 is 33.9 Å². The minimum atomic E-state index is -0.845. The van der Waals surface area contributed by atoms with Crippen molar-refractivity contribution in [3.05, 3.63) is 76.8 Å². The van der Waals surface area contributed by atoms with E-state index in [-0.39, 0.29) is 11.3 Å². The third-order valence-corrected chi connectivity index (χ3v) is 6.34. The summed E-state index contributed by atoms with van der Waals surface area (Å²) in [6.45, 7) is 4.81. The van der Waals surface area contributed by atoms with Crippen LogP contribution in [0.2, 0.25) is 0 Å². The van der Waals surface area contributed by atoms with Crippen molar-refractivity contribution in [2.75, 3.05) is 18.6 Å². The molecule has 1 unspecified atom stereocenters. The highest BCUT2D eigenvalue weighted by atomic mass is 32.1. The summed E-state index contributed by atoms with van der Waals surface area (Å²) < 4.78 is 11.1. The summed E-state index contributed by atoms with van der Waals surface area (Å²) in [5.74, 6) is -0.00323. The van der Waals surface area contributed by atoms with E-state index in [4.69, 9.17) is 9.47 Å². The molecule has 4 rings (SSSR count). The van der Waals surface area contributed by atoms with Gasteiger partial charge < -0.3 is 14.6 Å². The van der Waals surface area contributed by atoms with Gasteiger partial charge in [-0.1, -0.05) is 26.0 Å². The van der Waals surface area contributed by atoms with E-state index >= 15 is 0 Å². The highest BCUT2D eigenvalue weighted by Crippen LogP contribution is 2.43. The van der Waals surface area contributed by atoms with Gasteiger partial charge in [0.25, 0.3) is 5.78 Å². The molecule has 3 aromatic rings. The minimum Gasteiger partial charge on any atom is -0.507 e. The number of thiazole rings is 1. The van der Waals surface area contributed by atoms with Gasteiger partial charge in [0.1, 0.15) is 17.3 Å². The van der Waals surface area contributed by atoms with Gasteiger partial charge in [-0.05, 0) is 54.3 Å². The Balaban J connectivity index is 1.80. The van der Waals surface area contributed by atoms with E-state index in [0.29, 0.717) is 40.3 Å². The average Bonchev–Trinajstić information content (AvgIpc) is 3.45. The molecule has 1 N–H and O–H groups in total. The smallest absolute Gasteiger partial charge is 0.301 e.